The third-order valence-corrected chi connectivity index (χ3v) is 6.84. The van der Waals surface area contributed by atoms with Crippen LogP contribution in [0.3, 0.4) is 0 Å². The van der Waals surface area contributed by atoms with Crippen LogP contribution in [0.25, 0.3) is 10.9 Å². The maximum Gasteiger partial charge on any atom is 0.119 e. The Morgan fingerprint density at radius 3 is 2.61 bits per heavy atom. The fourth-order valence-corrected chi connectivity index (χ4v) is 4.74. The van der Waals surface area contributed by atoms with E-state index in [4.69, 9.17) is 19.4 Å². The summed E-state index contributed by atoms with van der Waals surface area (Å²) in [7, 11) is 7.16. The van der Waals surface area contributed by atoms with Gasteiger partial charge in [0.1, 0.15) is 13.9 Å². The average molecular weight is 560 g/mol. The highest BCUT2D eigenvalue weighted by molar-refractivity contribution is 6.36. The standard InChI is InChI=1S/C30H27BClN9/c1-29(2,3)18-37-27-20(14-34)15-36-28-24(27)11-22(12-25(28)32)38-30(31,21-7-4-6-19(10-21)13-33)26-17-41(40-39-26)23-8-5-9-35-16-23/h4-12,15-17,38-40H,18H2,1-3H3,(H,36,37). The van der Waals surface area contributed by atoms with Crippen molar-refractivity contribution >= 4 is 47.4 Å². The van der Waals surface area contributed by atoms with Crippen LogP contribution < -0.4 is 26.6 Å². The van der Waals surface area contributed by atoms with Crippen molar-refractivity contribution in [3.8, 4) is 12.1 Å². The first-order chi connectivity index (χ1) is 19.6. The minimum atomic E-state index is -1.34. The lowest BCUT2D eigenvalue weighted by atomic mass is 9.69. The van der Waals surface area contributed by atoms with Gasteiger partial charge in [0.25, 0.3) is 0 Å². The van der Waals surface area contributed by atoms with Crippen molar-refractivity contribution in [3.63, 3.8) is 0 Å². The van der Waals surface area contributed by atoms with Gasteiger partial charge in [-0.05, 0) is 47.4 Å². The highest BCUT2D eigenvalue weighted by Gasteiger charge is 2.35. The first-order valence-electron chi connectivity index (χ1n) is 12.9. The zero-order valence-electron chi connectivity index (χ0n) is 22.8. The normalized spacial score (nSPS) is 14.4. The molecule has 1 aliphatic rings. The Morgan fingerprint density at radius 1 is 1.07 bits per heavy atom. The zero-order chi connectivity index (χ0) is 29.2. The van der Waals surface area contributed by atoms with Gasteiger partial charge in [0.15, 0.2) is 0 Å². The molecule has 0 saturated carbocycles. The van der Waals surface area contributed by atoms with Gasteiger partial charge < -0.3 is 16.1 Å². The molecule has 1 atom stereocenters. The second kappa shape index (κ2) is 11.0. The minimum Gasteiger partial charge on any atom is -0.383 e. The Kier molecular flexibility index (Phi) is 7.46. The molecular weight excluding hydrogens is 533 g/mol. The Labute approximate surface area is 245 Å². The Balaban J connectivity index is 1.63. The summed E-state index contributed by atoms with van der Waals surface area (Å²) >= 11 is 6.75. The van der Waals surface area contributed by atoms with Crippen molar-refractivity contribution in [2.24, 2.45) is 5.41 Å². The van der Waals surface area contributed by atoms with Gasteiger partial charge in [-0.25, -0.2) is 0 Å². The largest absolute Gasteiger partial charge is 0.383 e. The number of rotatable bonds is 7. The summed E-state index contributed by atoms with van der Waals surface area (Å²) in [5.41, 5.74) is 9.54. The molecule has 9 nitrogen and oxygen atoms in total. The van der Waals surface area contributed by atoms with E-state index in [1.54, 1.807) is 41.7 Å². The number of fused-ring (bicyclic) bond motifs is 1. The number of nitrogens with one attached hydrogen (secondary N) is 4. The summed E-state index contributed by atoms with van der Waals surface area (Å²) in [4.78, 5) is 8.65. The number of anilines is 3. The van der Waals surface area contributed by atoms with Crippen molar-refractivity contribution in [1.29, 1.82) is 10.5 Å². The van der Waals surface area contributed by atoms with Crippen LogP contribution in [-0.4, -0.2) is 24.4 Å². The molecule has 2 aromatic carbocycles. The molecule has 0 fully saturated rings. The monoisotopic (exact) mass is 559 g/mol. The summed E-state index contributed by atoms with van der Waals surface area (Å²) < 4.78 is 0. The quantitative estimate of drug-likeness (QED) is 0.224. The number of nitriles is 2. The molecule has 0 spiro atoms. The molecule has 202 valence electrons. The van der Waals surface area contributed by atoms with Crippen molar-refractivity contribution in [1.82, 2.24) is 20.9 Å². The number of hydrogen-bond acceptors (Lipinski definition) is 9. The molecule has 3 heterocycles. The van der Waals surface area contributed by atoms with E-state index < -0.39 is 5.44 Å². The lowest BCUT2D eigenvalue weighted by Gasteiger charge is -2.34. The molecule has 1 unspecified atom stereocenters. The topological polar surface area (TPSA) is 125 Å². The summed E-state index contributed by atoms with van der Waals surface area (Å²) in [6, 6.07) is 18.8. The van der Waals surface area contributed by atoms with Crippen LogP contribution in [0.5, 0.6) is 0 Å². The fourth-order valence-electron chi connectivity index (χ4n) is 4.47. The highest BCUT2D eigenvalue weighted by Crippen LogP contribution is 2.38. The van der Waals surface area contributed by atoms with Gasteiger partial charge in [0, 0.05) is 36.2 Å². The lowest BCUT2D eigenvalue weighted by Crippen LogP contribution is -2.45. The van der Waals surface area contributed by atoms with Crippen LogP contribution in [0.2, 0.25) is 5.02 Å². The molecule has 2 aromatic heterocycles. The summed E-state index contributed by atoms with van der Waals surface area (Å²) in [5.74, 6) is 0. The van der Waals surface area contributed by atoms with Crippen LogP contribution in [0.4, 0.5) is 17.1 Å². The van der Waals surface area contributed by atoms with E-state index in [0.29, 0.717) is 56.2 Å². The molecular formula is C30H27BClN9. The van der Waals surface area contributed by atoms with Crippen molar-refractivity contribution in [3.05, 3.63) is 101 Å². The molecule has 0 aliphatic carbocycles. The maximum absolute atomic E-state index is 9.84. The third-order valence-electron chi connectivity index (χ3n) is 6.55. The number of aromatic nitrogens is 2. The van der Waals surface area contributed by atoms with Crippen molar-refractivity contribution < 1.29 is 0 Å². The van der Waals surface area contributed by atoms with E-state index in [2.05, 4.69) is 64.5 Å². The number of nitrogens with zero attached hydrogens (tertiary/aromatic N) is 5. The van der Waals surface area contributed by atoms with Crippen molar-refractivity contribution in [2.45, 2.75) is 26.2 Å². The number of halogens is 1. The molecule has 11 heteroatoms. The second-order valence-corrected chi connectivity index (χ2v) is 11.3. The van der Waals surface area contributed by atoms with Gasteiger partial charge in [0.05, 0.1) is 56.4 Å². The molecule has 4 N–H and O–H groups in total. The van der Waals surface area contributed by atoms with Gasteiger partial charge in [-0.15, -0.1) is 5.53 Å². The predicted octanol–water partition coefficient (Wildman–Crippen LogP) is 5.29. The summed E-state index contributed by atoms with van der Waals surface area (Å²) in [6.07, 6.45) is 6.75. The third kappa shape index (κ3) is 5.76. The predicted molar refractivity (Wildman–Crippen MR) is 163 cm³/mol. The molecule has 2 radical (unpaired) electrons. The average Bonchev–Trinajstić information content (AvgIpc) is 3.47. The highest BCUT2D eigenvalue weighted by atomic mass is 35.5. The Bertz CT molecular complexity index is 1720. The summed E-state index contributed by atoms with van der Waals surface area (Å²) in [6.45, 7) is 6.96. The van der Waals surface area contributed by atoms with Crippen LogP contribution >= 0.6 is 11.6 Å². The number of pyridine rings is 2. The number of hydrogen-bond donors (Lipinski definition) is 4. The zero-order valence-corrected chi connectivity index (χ0v) is 23.6. The maximum atomic E-state index is 9.84. The SMILES string of the molecule is [B]C(Nc1cc(Cl)c2ncc(C#N)c(NCC(C)(C)C)c2c1)(C1=CN(c2cccnc2)NN1)c1cccc(C#N)c1. The number of benzene rings is 2. The van der Waals surface area contributed by atoms with Crippen LogP contribution in [0.15, 0.2) is 79.0 Å². The Hall–Kier alpha value is -4.77. The first-order valence-corrected chi connectivity index (χ1v) is 13.3. The molecule has 0 amide bonds. The minimum absolute atomic E-state index is 0.0338. The van der Waals surface area contributed by atoms with Gasteiger partial charge in [0.2, 0.25) is 0 Å². The van der Waals surface area contributed by atoms with E-state index in [1.807, 2.05) is 30.5 Å². The lowest BCUT2D eigenvalue weighted by molar-refractivity contribution is 0.443. The second-order valence-electron chi connectivity index (χ2n) is 10.9. The van der Waals surface area contributed by atoms with Crippen LogP contribution in [-0.2, 0) is 5.44 Å². The van der Waals surface area contributed by atoms with Gasteiger partial charge in [-0.2, -0.15) is 10.5 Å². The number of hydrazine groups is 2. The molecule has 1 aliphatic heterocycles. The van der Waals surface area contributed by atoms with Gasteiger partial charge in [-0.3, -0.25) is 15.0 Å². The molecule has 4 aromatic rings. The van der Waals surface area contributed by atoms with Gasteiger partial charge >= 0.3 is 0 Å². The van der Waals surface area contributed by atoms with E-state index >= 15 is 0 Å². The van der Waals surface area contributed by atoms with Gasteiger partial charge in [-0.1, -0.05) is 44.5 Å². The van der Waals surface area contributed by atoms with E-state index in [0.717, 1.165) is 5.69 Å². The van der Waals surface area contributed by atoms with E-state index in [1.165, 1.54) is 6.20 Å². The summed E-state index contributed by atoms with van der Waals surface area (Å²) in [5, 5.41) is 29.1. The van der Waals surface area contributed by atoms with Crippen LogP contribution in [0, 0.1) is 28.1 Å². The van der Waals surface area contributed by atoms with E-state index in [-0.39, 0.29) is 5.41 Å². The van der Waals surface area contributed by atoms with Crippen LogP contribution in [0.1, 0.15) is 37.5 Å². The molecule has 0 bridgehead atoms. The Morgan fingerprint density at radius 2 is 1.90 bits per heavy atom. The molecule has 41 heavy (non-hydrogen) atoms. The first kappa shape index (κ1) is 27.8. The smallest absolute Gasteiger partial charge is 0.119 e. The molecule has 0 saturated heterocycles. The van der Waals surface area contributed by atoms with E-state index in [9.17, 15) is 10.5 Å². The fraction of sp³-hybridized carbons (Fsp3) is 0.200. The molecule has 5 rings (SSSR count). The van der Waals surface area contributed by atoms with Crippen molar-refractivity contribution in [2.75, 3.05) is 22.2 Å².